The molecule has 2 fully saturated rings. The van der Waals surface area contributed by atoms with Gasteiger partial charge in [-0.25, -0.2) is 0 Å². The summed E-state index contributed by atoms with van der Waals surface area (Å²) in [4.78, 5) is 26.3. The molecule has 2 saturated heterocycles. The number of carbonyl (C=O) groups excluding carboxylic acids is 2. The predicted octanol–water partition coefficient (Wildman–Crippen LogP) is 0.929. The molecule has 2 rings (SSSR count). The van der Waals surface area contributed by atoms with Gasteiger partial charge in [0.2, 0.25) is 11.8 Å². The Morgan fingerprint density at radius 2 is 2.05 bits per heavy atom. The molecule has 2 aliphatic rings. The van der Waals surface area contributed by atoms with Crippen molar-refractivity contribution in [2.75, 3.05) is 19.8 Å². The maximum absolute atomic E-state index is 12.7. The largest absolute Gasteiger partial charge is 0.379 e. The summed E-state index contributed by atoms with van der Waals surface area (Å²) in [5.41, 5.74) is -0.631. The molecule has 0 spiro atoms. The molecule has 0 radical (unpaired) electrons. The third-order valence-corrected chi connectivity index (χ3v) is 4.05. The highest BCUT2D eigenvalue weighted by molar-refractivity contribution is 5.95. The summed E-state index contributed by atoms with van der Waals surface area (Å²) in [7, 11) is 0. The molecule has 2 unspecified atom stereocenters. The molecular formula is C14H24N2O3. The first-order valence-corrected chi connectivity index (χ1v) is 6.93. The number of carbonyl (C=O) groups is 2. The van der Waals surface area contributed by atoms with Gasteiger partial charge in [-0.05, 0) is 25.2 Å². The second-order valence-corrected chi connectivity index (χ2v) is 6.94. The molecule has 1 N–H and O–H groups in total. The summed E-state index contributed by atoms with van der Waals surface area (Å²) in [6.45, 7) is 9.33. The van der Waals surface area contributed by atoms with Crippen molar-refractivity contribution in [3.8, 4) is 0 Å². The first-order valence-electron chi connectivity index (χ1n) is 6.93. The van der Waals surface area contributed by atoms with Crippen LogP contribution in [0.4, 0.5) is 0 Å². The molecular weight excluding hydrogens is 244 g/mol. The third-order valence-electron chi connectivity index (χ3n) is 4.05. The van der Waals surface area contributed by atoms with Gasteiger partial charge in [-0.3, -0.25) is 9.59 Å². The Hall–Kier alpha value is -1.10. The molecule has 108 valence electrons. The first-order chi connectivity index (χ1) is 8.74. The average Bonchev–Trinajstić information content (AvgIpc) is 2.31. The standard InChI is InChI=1S/C14H24N2O3/c1-13(2,3)11-12(18)16(8-10(17)15-11)14(4)6-5-7-19-9-14/h11H,5-9H2,1-4H3,(H,15,17). The van der Waals surface area contributed by atoms with Crippen LogP contribution in [0.15, 0.2) is 0 Å². The van der Waals surface area contributed by atoms with Gasteiger partial charge in [-0.1, -0.05) is 20.8 Å². The summed E-state index contributed by atoms with van der Waals surface area (Å²) in [5, 5.41) is 2.82. The van der Waals surface area contributed by atoms with Crippen LogP contribution in [-0.4, -0.2) is 48.1 Å². The topological polar surface area (TPSA) is 58.6 Å². The van der Waals surface area contributed by atoms with Gasteiger partial charge in [0.1, 0.15) is 12.6 Å². The number of nitrogens with zero attached hydrogens (tertiary/aromatic N) is 1. The average molecular weight is 268 g/mol. The number of nitrogens with one attached hydrogen (secondary N) is 1. The van der Waals surface area contributed by atoms with E-state index in [-0.39, 0.29) is 29.3 Å². The van der Waals surface area contributed by atoms with Crippen LogP contribution in [0.5, 0.6) is 0 Å². The minimum absolute atomic E-state index is 0.0140. The zero-order chi connectivity index (χ0) is 14.3. The van der Waals surface area contributed by atoms with Crippen molar-refractivity contribution in [1.82, 2.24) is 10.2 Å². The Labute approximate surface area is 114 Å². The Bertz CT molecular complexity index is 381. The van der Waals surface area contributed by atoms with E-state index in [0.717, 1.165) is 19.4 Å². The zero-order valence-corrected chi connectivity index (χ0v) is 12.3. The van der Waals surface area contributed by atoms with Gasteiger partial charge in [0.25, 0.3) is 0 Å². The highest BCUT2D eigenvalue weighted by Crippen LogP contribution is 2.31. The molecule has 5 nitrogen and oxygen atoms in total. The molecule has 0 aromatic rings. The first kappa shape index (κ1) is 14.3. The van der Waals surface area contributed by atoms with Crippen molar-refractivity contribution in [2.45, 2.75) is 52.1 Å². The van der Waals surface area contributed by atoms with Crippen molar-refractivity contribution in [2.24, 2.45) is 5.41 Å². The molecule has 2 atom stereocenters. The Balaban J connectivity index is 2.24. The van der Waals surface area contributed by atoms with E-state index in [0.29, 0.717) is 6.61 Å². The van der Waals surface area contributed by atoms with Crippen molar-refractivity contribution >= 4 is 11.8 Å². The van der Waals surface area contributed by atoms with Gasteiger partial charge < -0.3 is 15.0 Å². The normalized spacial score (nSPS) is 33.3. The fourth-order valence-electron chi connectivity index (χ4n) is 2.82. The summed E-state index contributed by atoms with van der Waals surface area (Å²) in [6.07, 6.45) is 1.82. The van der Waals surface area contributed by atoms with Crippen LogP contribution in [0, 0.1) is 5.41 Å². The minimum atomic E-state index is -0.451. The van der Waals surface area contributed by atoms with Gasteiger partial charge in [0, 0.05) is 6.61 Å². The molecule has 0 bridgehead atoms. The lowest BCUT2D eigenvalue weighted by molar-refractivity contribution is -0.158. The molecule has 2 amide bonds. The van der Waals surface area contributed by atoms with Crippen LogP contribution in [0.2, 0.25) is 0 Å². The number of piperazine rings is 1. The second kappa shape index (κ2) is 4.78. The quantitative estimate of drug-likeness (QED) is 0.769. The Kier molecular flexibility index (Phi) is 3.60. The van der Waals surface area contributed by atoms with Crippen molar-refractivity contribution < 1.29 is 14.3 Å². The van der Waals surface area contributed by atoms with E-state index in [2.05, 4.69) is 5.32 Å². The van der Waals surface area contributed by atoms with Crippen molar-refractivity contribution in [1.29, 1.82) is 0 Å². The van der Waals surface area contributed by atoms with Crippen LogP contribution >= 0.6 is 0 Å². The number of hydrogen-bond acceptors (Lipinski definition) is 3. The minimum Gasteiger partial charge on any atom is -0.379 e. The van der Waals surface area contributed by atoms with Crippen molar-refractivity contribution in [3.63, 3.8) is 0 Å². The molecule has 19 heavy (non-hydrogen) atoms. The van der Waals surface area contributed by atoms with Gasteiger partial charge in [0.05, 0.1) is 12.1 Å². The van der Waals surface area contributed by atoms with Crippen LogP contribution in [0.3, 0.4) is 0 Å². The third kappa shape index (κ3) is 2.76. The van der Waals surface area contributed by atoms with E-state index in [4.69, 9.17) is 4.74 Å². The molecule has 0 saturated carbocycles. The van der Waals surface area contributed by atoms with E-state index >= 15 is 0 Å². The molecule has 5 heteroatoms. The highest BCUT2D eigenvalue weighted by atomic mass is 16.5. The lowest BCUT2D eigenvalue weighted by Crippen LogP contribution is -2.68. The number of ether oxygens (including phenoxy) is 1. The molecule has 0 aromatic carbocycles. The summed E-state index contributed by atoms with van der Waals surface area (Å²) in [6, 6.07) is -0.451. The van der Waals surface area contributed by atoms with Gasteiger partial charge in [0.15, 0.2) is 0 Å². The van der Waals surface area contributed by atoms with Crippen LogP contribution in [0.25, 0.3) is 0 Å². The number of amides is 2. The Morgan fingerprint density at radius 3 is 2.58 bits per heavy atom. The maximum Gasteiger partial charge on any atom is 0.246 e. The number of hydrogen-bond donors (Lipinski definition) is 1. The lowest BCUT2D eigenvalue weighted by Gasteiger charge is -2.48. The van der Waals surface area contributed by atoms with Gasteiger partial charge >= 0.3 is 0 Å². The van der Waals surface area contributed by atoms with E-state index in [1.807, 2.05) is 27.7 Å². The SMILES string of the molecule is CC(C)(C)C1NC(=O)CN(C2(C)CCCOC2)C1=O. The van der Waals surface area contributed by atoms with Gasteiger partial charge in [-0.15, -0.1) is 0 Å². The van der Waals surface area contributed by atoms with E-state index in [1.54, 1.807) is 4.90 Å². The van der Waals surface area contributed by atoms with Crippen LogP contribution < -0.4 is 5.32 Å². The predicted molar refractivity (Wildman–Crippen MR) is 71.6 cm³/mol. The Morgan fingerprint density at radius 1 is 1.37 bits per heavy atom. The van der Waals surface area contributed by atoms with Gasteiger partial charge in [-0.2, -0.15) is 0 Å². The van der Waals surface area contributed by atoms with Crippen LogP contribution in [-0.2, 0) is 14.3 Å². The fraction of sp³-hybridized carbons (Fsp3) is 0.857. The smallest absolute Gasteiger partial charge is 0.246 e. The molecule has 0 aliphatic carbocycles. The van der Waals surface area contributed by atoms with Crippen molar-refractivity contribution in [3.05, 3.63) is 0 Å². The lowest BCUT2D eigenvalue weighted by atomic mass is 9.82. The molecule has 0 aromatic heterocycles. The van der Waals surface area contributed by atoms with Crippen LogP contribution in [0.1, 0.15) is 40.5 Å². The highest BCUT2D eigenvalue weighted by Gasteiger charge is 2.47. The van der Waals surface area contributed by atoms with E-state index in [1.165, 1.54) is 0 Å². The fourth-order valence-corrected chi connectivity index (χ4v) is 2.82. The zero-order valence-electron chi connectivity index (χ0n) is 12.3. The summed E-state index contributed by atoms with van der Waals surface area (Å²) < 4.78 is 5.52. The maximum atomic E-state index is 12.7. The number of rotatable bonds is 1. The summed E-state index contributed by atoms with van der Waals surface area (Å²) >= 11 is 0. The summed E-state index contributed by atoms with van der Waals surface area (Å²) in [5.74, 6) is -0.0635. The molecule has 2 aliphatic heterocycles. The molecule has 2 heterocycles. The second-order valence-electron chi connectivity index (χ2n) is 6.94. The van der Waals surface area contributed by atoms with E-state index in [9.17, 15) is 9.59 Å². The monoisotopic (exact) mass is 268 g/mol. The van der Waals surface area contributed by atoms with E-state index < -0.39 is 6.04 Å².